The van der Waals surface area contributed by atoms with Gasteiger partial charge >= 0.3 is 0 Å². The summed E-state index contributed by atoms with van der Waals surface area (Å²) in [6.07, 6.45) is 6.89. The summed E-state index contributed by atoms with van der Waals surface area (Å²) in [6, 6.07) is -0.0828. The fourth-order valence-corrected chi connectivity index (χ4v) is 2.64. The Morgan fingerprint density at radius 3 is 3.22 bits per heavy atom. The van der Waals surface area contributed by atoms with E-state index in [1.165, 1.54) is 0 Å². The van der Waals surface area contributed by atoms with Crippen molar-refractivity contribution in [3.8, 4) is 0 Å². The van der Waals surface area contributed by atoms with Crippen molar-refractivity contribution < 1.29 is 4.79 Å². The van der Waals surface area contributed by atoms with Gasteiger partial charge in [-0.1, -0.05) is 6.92 Å². The molecule has 0 saturated carbocycles. The number of aryl methyl sites for hydroxylation is 1. The van der Waals surface area contributed by atoms with Crippen molar-refractivity contribution in [1.29, 1.82) is 0 Å². The smallest absolute Gasteiger partial charge is 0.236 e. The van der Waals surface area contributed by atoms with E-state index in [0.717, 1.165) is 38.2 Å². The molecule has 1 aliphatic rings. The number of carbonyl (C=O) groups is 1. The molecule has 2 rings (SSSR count). The van der Waals surface area contributed by atoms with Gasteiger partial charge in [0.15, 0.2) is 0 Å². The molecule has 0 radical (unpaired) electrons. The lowest BCUT2D eigenvalue weighted by molar-refractivity contribution is -0.123. The van der Waals surface area contributed by atoms with Crippen molar-refractivity contribution in [3.63, 3.8) is 0 Å². The van der Waals surface area contributed by atoms with Crippen molar-refractivity contribution in [2.45, 2.75) is 44.7 Å². The second-order valence-corrected chi connectivity index (χ2v) is 4.82. The number of likely N-dealkylation sites (N-methyl/N-ethyl adjacent to an activating group) is 1. The highest BCUT2D eigenvalue weighted by molar-refractivity contribution is 5.81. The highest BCUT2D eigenvalue weighted by Gasteiger charge is 2.29. The average molecular weight is 250 g/mol. The van der Waals surface area contributed by atoms with Gasteiger partial charge < -0.3 is 15.2 Å². The van der Waals surface area contributed by atoms with Crippen molar-refractivity contribution in [1.82, 2.24) is 20.2 Å². The van der Waals surface area contributed by atoms with Crippen LogP contribution in [-0.2, 0) is 11.3 Å². The number of imidazole rings is 1. The minimum Gasteiger partial charge on any atom is -0.358 e. The molecule has 1 fully saturated rings. The van der Waals surface area contributed by atoms with Crippen LogP contribution >= 0.6 is 0 Å². The molecule has 0 spiro atoms. The van der Waals surface area contributed by atoms with Gasteiger partial charge in [-0.2, -0.15) is 0 Å². The maximum atomic E-state index is 11.7. The molecule has 1 aromatic rings. The van der Waals surface area contributed by atoms with Gasteiger partial charge in [0, 0.05) is 31.9 Å². The van der Waals surface area contributed by atoms with Gasteiger partial charge in [0.05, 0.1) is 6.04 Å². The molecule has 2 atom stereocenters. The Hall–Kier alpha value is -1.36. The zero-order valence-corrected chi connectivity index (χ0v) is 11.1. The van der Waals surface area contributed by atoms with Crippen LogP contribution in [0.1, 0.15) is 37.9 Å². The summed E-state index contributed by atoms with van der Waals surface area (Å²) in [5, 5.41) is 5.98. The van der Waals surface area contributed by atoms with Crippen molar-refractivity contribution in [2.75, 3.05) is 13.6 Å². The normalized spacial score (nSPS) is 23.9. The third kappa shape index (κ3) is 2.72. The maximum Gasteiger partial charge on any atom is 0.236 e. The van der Waals surface area contributed by atoms with E-state index in [1.807, 2.05) is 12.4 Å². The van der Waals surface area contributed by atoms with Crippen LogP contribution in [0, 0.1) is 0 Å². The Labute approximate surface area is 108 Å². The van der Waals surface area contributed by atoms with Crippen LogP contribution in [0.15, 0.2) is 12.4 Å². The molecule has 18 heavy (non-hydrogen) atoms. The van der Waals surface area contributed by atoms with Crippen LogP contribution in [0.2, 0.25) is 0 Å². The van der Waals surface area contributed by atoms with Crippen molar-refractivity contribution in [3.05, 3.63) is 18.2 Å². The molecule has 0 aromatic carbocycles. The summed E-state index contributed by atoms with van der Waals surface area (Å²) in [6.45, 7) is 4.05. The standard InChI is InChI=1S/C13H22N4O/c1-3-7-17-8-6-16-12(17)10-4-5-15-11(9-10)13(18)14-2/h6,8,10-11,15H,3-5,7,9H2,1-2H3,(H,14,18). The first kappa shape index (κ1) is 13.1. The SMILES string of the molecule is CCCn1ccnc1C1CCNC(C(=O)NC)C1. The van der Waals surface area contributed by atoms with E-state index in [9.17, 15) is 4.79 Å². The molecule has 0 bridgehead atoms. The predicted molar refractivity (Wildman–Crippen MR) is 70.4 cm³/mol. The molecule has 2 N–H and O–H groups in total. The molecule has 5 nitrogen and oxygen atoms in total. The highest BCUT2D eigenvalue weighted by Crippen LogP contribution is 2.26. The maximum absolute atomic E-state index is 11.7. The van der Waals surface area contributed by atoms with Crippen LogP contribution in [0.5, 0.6) is 0 Å². The first-order valence-corrected chi connectivity index (χ1v) is 6.72. The number of aromatic nitrogens is 2. The zero-order chi connectivity index (χ0) is 13.0. The Morgan fingerprint density at radius 2 is 2.50 bits per heavy atom. The topological polar surface area (TPSA) is 59.0 Å². The number of hydrogen-bond donors (Lipinski definition) is 2. The van der Waals surface area contributed by atoms with E-state index < -0.39 is 0 Å². The van der Waals surface area contributed by atoms with Gasteiger partial charge in [0.2, 0.25) is 5.91 Å². The monoisotopic (exact) mass is 250 g/mol. The Balaban J connectivity index is 2.08. The van der Waals surface area contributed by atoms with E-state index in [2.05, 4.69) is 27.1 Å². The molecule has 2 heterocycles. The van der Waals surface area contributed by atoms with Gasteiger partial charge in [-0.25, -0.2) is 4.98 Å². The van der Waals surface area contributed by atoms with E-state index in [-0.39, 0.29) is 11.9 Å². The van der Waals surface area contributed by atoms with Crippen molar-refractivity contribution in [2.24, 2.45) is 0 Å². The largest absolute Gasteiger partial charge is 0.358 e. The molecule has 0 aliphatic carbocycles. The summed E-state index contributed by atoms with van der Waals surface area (Å²) in [4.78, 5) is 16.2. The number of rotatable bonds is 4. The molecule has 2 unspecified atom stereocenters. The summed E-state index contributed by atoms with van der Waals surface area (Å²) < 4.78 is 2.22. The third-order valence-corrected chi connectivity index (χ3v) is 3.54. The predicted octanol–water partition coefficient (Wildman–Crippen LogP) is 0.875. The molecule has 1 aliphatic heterocycles. The molecular weight excluding hydrogens is 228 g/mol. The Kier molecular flexibility index (Phi) is 4.36. The molecular formula is C13H22N4O. The van der Waals surface area contributed by atoms with E-state index in [0.29, 0.717) is 5.92 Å². The van der Waals surface area contributed by atoms with Gasteiger partial charge in [0.25, 0.3) is 0 Å². The van der Waals surface area contributed by atoms with Crippen LogP contribution in [0.3, 0.4) is 0 Å². The molecule has 1 saturated heterocycles. The van der Waals surface area contributed by atoms with Crippen LogP contribution in [-0.4, -0.2) is 35.1 Å². The molecule has 1 aromatic heterocycles. The zero-order valence-electron chi connectivity index (χ0n) is 11.1. The molecule has 100 valence electrons. The number of piperidine rings is 1. The molecule has 1 amide bonds. The lowest BCUT2D eigenvalue weighted by atomic mass is 9.91. The second kappa shape index (κ2) is 6.00. The quantitative estimate of drug-likeness (QED) is 0.834. The van der Waals surface area contributed by atoms with E-state index in [4.69, 9.17) is 0 Å². The molecule has 5 heteroatoms. The highest BCUT2D eigenvalue weighted by atomic mass is 16.2. The number of nitrogens with one attached hydrogen (secondary N) is 2. The minimum absolute atomic E-state index is 0.0771. The van der Waals surface area contributed by atoms with E-state index in [1.54, 1.807) is 7.05 Å². The van der Waals surface area contributed by atoms with Gasteiger partial charge in [0.1, 0.15) is 5.82 Å². The van der Waals surface area contributed by atoms with Crippen LogP contribution < -0.4 is 10.6 Å². The third-order valence-electron chi connectivity index (χ3n) is 3.54. The van der Waals surface area contributed by atoms with E-state index >= 15 is 0 Å². The van der Waals surface area contributed by atoms with Gasteiger partial charge in [-0.3, -0.25) is 4.79 Å². The summed E-state index contributed by atoms with van der Waals surface area (Å²) in [5.74, 6) is 1.59. The summed E-state index contributed by atoms with van der Waals surface area (Å²) >= 11 is 0. The van der Waals surface area contributed by atoms with Crippen molar-refractivity contribution >= 4 is 5.91 Å². The van der Waals surface area contributed by atoms with Gasteiger partial charge in [-0.05, 0) is 25.8 Å². The first-order chi connectivity index (χ1) is 8.76. The number of amides is 1. The average Bonchev–Trinajstić information content (AvgIpc) is 2.87. The van der Waals surface area contributed by atoms with Gasteiger partial charge in [-0.15, -0.1) is 0 Å². The fourth-order valence-electron chi connectivity index (χ4n) is 2.64. The van der Waals surface area contributed by atoms with Crippen LogP contribution in [0.25, 0.3) is 0 Å². The number of hydrogen-bond acceptors (Lipinski definition) is 3. The minimum atomic E-state index is -0.0828. The Bertz CT molecular complexity index is 401. The second-order valence-electron chi connectivity index (χ2n) is 4.82. The summed E-state index contributed by atoms with van der Waals surface area (Å²) in [5.41, 5.74) is 0. The van der Waals surface area contributed by atoms with Crippen LogP contribution in [0.4, 0.5) is 0 Å². The summed E-state index contributed by atoms with van der Waals surface area (Å²) in [7, 11) is 1.69. The lowest BCUT2D eigenvalue weighted by Gasteiger charge is -2.29. The Morgan fingerprint density at radius 1 is 1.67 bits per heavy atom. The number of nitrogens with zero attached hydrogens (tertiary/aromatic N) is 2. The fraction of sp³-hybridized carbons (Fsp3) is 0.692. The first-order valence-electron chi connectivity index (χ1n) is 6.72. The number of carbonyl (C=O) groups excluding carboxylic acids is 1. The lowest BCUT2D eigenvalue weighted by Crippen LogP contribution is -2.47.